The van der Waals surface area contributed by atoms with Crippen molar-refractivity contribution in [2.24, 2.45) is 4.99 Å². The van der Waals surface area contributed by atoms with Crippen LogP contribution < -0.4 is 10.6 Å². The summed E-state index contributed by atoms with van der Waals surface area (Å²) >= 11 is 3.45. The predicted octanol–water partition coefficient (Wildman–Crippen LogP) is 3.71. The van der Waals surface area contributed by atoms with Crippen LogP contribution in [0.25, 0.3) is 0 Å². The predicted molar refractivity (Wildman–Crippen MR) is 123 cm³/mol. The second-order valence-corrected chi connectivity index (χ2v) is 8.00. The first kappa shape index (κ1) is 23.2. The largest absolute Gasteiger partial charge is 0.384 e. The van der Waals surface area contributed by atoms with E-state index < -0.39 is 5.60 Å². The summed E-state index contributed by atoms with van der Waals surface area (Å²) in [7, 11) is 0. The fourth-order valence-corrected chi connectivity index (χ4v) is 3.83. The van der Waals surface area contributed by atoms with E-state index in [0.29, 0.717) is 6.54 Å². The van der Waals surface area contributed by atoms with Crippen molar-refractivity contribution in [2.75, 3.05) is 25.4 Å². The highest BCUT2D eigenvalue weighted by atomic mass is 127. The van der Waals surface area contributed by atoms with E-state index in [9.17, 15) is 5.11 Å². The first-order valence-electron chi connectivity index (χ1n) is 8.44. The van der Waals surface area contributed by atoms with Crippen molar-refractivity contribution in [3.8, 4) is 0 Å². The summed E-state index contributed by atoms with van der Waals surface area (Å²) in [6.45, 7) is 5.75. The molecule has 144 valence electrons. The van der Waals surface area contributed by atoms with Gasteiger partial charge in [-0.3, -0.25) is 0 Å². The van der Waals surface area contributed by atoms with E-state index >= 15 is 0 Å². The third-order valence-corrected chi connectivity index (χ3v) is 5.59. The second-order valence-electron chi connectivity index (χ2n) is 5.76. The molecular weight excluding hydrogens is 479 g/mol. The highest BCUT2D eigenvalue weighted by Crippen LogP contribution is 2.21. The van der Waals surface area contributed by atoms with Crippen LogP contribution in [-0.2, 0) is 5.60 Å². The molecule has 1 aromatic heterocycles. The third kappa shape index (κ3) is 8.24. The van der Waals surface area contributed by atoms with Gasteiger partial charge in [-0.05, 0) is 25.8 Å². The fraction of sp³-hybridized carbons (Fsp3) is 0.444. The third-order valence-electron chi connectivity index (χ3n) is 3.53. The van der Waals surface area contributed by atoms with Crippen LogP contribution in [0.15, 0.2) is 51.2 Å². The SMILES string of the molecule is CCNC(=NCC(C)(O)c1ccccc1)NCCCSc1nccs1.I. The number of nitrogens with zero attached hydrogens (tertiary/aromatic N) is 2. The van der Waals surface area contributed by atoms with Gasteiger partial charge in [0.15, 0.2) is 5.96 Å². The van der Waals surface area contributed by atoms with Crippen LogP contribution in [-0.4, -0.2) is 41.4 Å². The minimum absolute atomic E-state index is 0. The molecule has 1 atom stereocenters. The summed E-state index contributed by atoms with van der Waals surface area (Å²) in [5.41, 5.74) is -0.112. The van der Waals surface area contributed by atoms with Gasteiger partial charge in [-0.15, -0.1) is 35.3 Å². The average molecular weight is 506 g/mol. The lowest BCUT2D eigenvalue weighted by Gasteiger charge is -2.22. The standard InChI is InChI=1S/C18H26N4OS2.HI/c1-3-19-16(20-10-7-12-24-17-21-11-13-25-17)22-14-18(2,23)15-8-5-4-6-9-15;/h4-6,8-9,11,13,23H,3,7,10,12,14H2,1-2H3,(H2,19,20,22);1H. The fourth-order valence-electron chi connectivity index (χ4n) is 2.18. The van der Waals surface area contributed by atoms with Crippen molar-refractivity contribution in [1.82, 2.24) is 15.6 Å². The summed E-state index contributed by atoms with van der Waals surface area (Å²) in [6.07, 6.45) is 2.85. The molecule has 0 amide bonds. The van der Waals surface area contributed by atoms with Crippen LogP contribution in [0.2, 0.25) is 0 Å². The Bertz CT molecular complexity index is 636. The van der Waals surface area contributed by atoms with Gasteiger partial charge in [-0.25, -0.2) is 9.98 Å². The maximum atomic E-state index is 10.6. The summed E-state index contributed by atoms with van der Waals surface area (Å²) in [5, 5.41) is 19.2. The quantitative estimate of drug-likeness (QED) is 0.159. The van der Waals surface area contributed by atoms with Gasteiger partial charge in [0.2, 0.25) is 0 Å². The van der Waals surface area contributed by atoms with Gasteiger partial charge in [0.05, 0.1) is 6.54 Å². The highest BCUT2D eigenvalue weighted by molar-refractivity contribution is 14.0. The maximum absolute atomic E-state index is 10.6. The van der Waals surface area contributed by atoms with Crippen molar-refractivity contribution in [3.63, 3.8) is 0 Å². The van der Waals surface area contributed by atoms with Crippen LogP contribution in [0.1, 0.15) is 25.8 Å². The Balaban J connectivity index is 0.00000338. The summed E-state index contributed by atoms with van der Waals surface area (Å²) in [5.74, 6) is 1.75. The van der Waals surface area contributed by atoms with Crippen LogP contribution in [0.4, 0.5) is 0 Å². The van der Waals surface area contributed by atoms with Gasteiger partial charge >= 0.3 is 0 Å². The molecule has 2 aromatic rings. The molecule has 0 aliphatic heterocycles. The molecule has 0 aliphatic rings. The summed E-state index contributed by atoms with van der Waals surface area (Å²) in [6, 6.07) is 9.64. The van der Waals surface area contributed by atoms with Gasteiger partial charge < -0.3 is 15.7 Å². The van der Waals surface area contributed by atoms with E-state index in [4.69, 9.17) is 0 Å². The zero-order chi connectivity index (χ0) is 18.0. The topological polar surface area (TPSA) is 69.5 Å². The van der Waals surface area contributed by atoms with Gasteiger partial charge in [-0.1, -0.05) is 42.1 Å². The van der Waals surface area contributed by atoms with Crippen LogP contribution in [0.5, 0.6) is 0 Å². The molecule has 0 radical (unpaired) electrons. The molecule has 26 heavy (non-hydrogen) atoms. The van der Waals surface area contributed by atoms with Gasteiger partial charge in [0.1, 0.15) is 9.94 Å². The Morgan fingerprint density at radius 2 is 2.08 bits per heavy atom. The molecule has 2 rings (SSSR count). The van der Waals surface area contributed by atoms with E-state index in [0.717, 1.165) is 41.1 Å². The number of aliphatic imine (C=N–C) groups is 1. The lowest BCUT2D eigenvalue weighted by atomic mass is 9.96. The number of benzene rings is 1. The van der Waals surface area contributed by atoms with Crippen molar-refractivity contribution < 1.29 is 5.11 Å². The Labute approximate surface area is 181 Å². The Hall–Kier alpha value is -0.840. The van der Waals surface area contributed by atoms with Crippen LogP contribution in [0, 0.1) is 0 Å². The molecule has 3 N–H and O–H groups in total. The van der Waals surface area contributed by atoms with E-state index in [1.54, 1.807) is 30.0 Å². The van der Waals surface area contributed by atoms with Crippen LogP contribution >= 0.6 is 47.1 Å². The molecule has 0 saturated carbocycles. The van der Waals surface area contributed by atoms with Gasteiger partial charge in [0, 0.05) is 30.4 Å². The highest BCUT2D eigenvalue weighted by Gasteiger charge is 2.22. The molecule has 0 spiro atoms. The zero-order valence-corrected chi connectivity index (χ0v) is 19.1. The molecule has 5 nitrogen and oxygen atoms in total. The van der Waals surface area contributed by atoms with Crippen LogP contribution in [0.3, 0.4) is 0 Å². The van der Waals surface area contributed by atoms with Crippen molar-refractivity contribution >= 4 is 53.0 Å². The molecule has 0 fully saturated rings. The molecule has 1 heterocycles. The monoisotopic (exact) mass is 506 g/mol. The Morgan fingerprint density at radius 3 is 2.73 bits per heavy atom. The van der Waals surface area contributed by atoms with Crippen molar-refractivity contribution in [2.45, 2.75) is 30.2 Å². The number of hydrogen-bond acceptors (Lipinski definition) is 5. The normalized spacial score (nSPS) is 13.6. The number of hydrogen-bond donors (Lipinski definition) is 3. The number of rotatable bonds is 9. The molecule has 8 heteroatoms. The molecule has 1 unspecified atom stereocenters. The number of aliphatic hydroxyl groups is 1. The summed E-state index contributed by atoms with van der Waals surface area (Å²) in [4.78, 5) is 8.80. The van der Waals surface area contributed by atoms with E-state index in [-0.39, 0.29) is 24.0 Å². The second kappa shape index (κ2) is 12.5. The number of guanidine groups is 1. The molecule has 0 bridgehead atoms. The lowest BCUT2D eigenvalue weighted by Crippen LogP contribution is -2.39. The van der Waals surface area contributed by atoms with Gasteiger partial charge in [-0.2, -0.15) is 0 Å². The molecular formula is C18H27IN4OS2. The zero-order valence-electron chi connectivity index (χ0n) is 15.1. The molecule has 0 saturated heterocycles. The molecule has 0 aliphatic carbocycles. The lowest BCUT2D eigenvalue weighted by molar-refractivity contribution is 0.0672. The number of nitrogens with one attached hydrogen (secondary N) is 2. The Morgan fingerprint density at radius 1 is 1.31 bits per heavy atom. The molecule has 1 aromatic carbocycles. The smallest absolute Gasteiger partial charge is 0.191 e. The maximum Gasteiger partial charge on any atom is 0.191 e. The number of thiazole rings is 1. The van der Waals surface area contributed by atoms with E-state index in [1.165, 1.54) is 0 Å². The van der Waals surface area contributed by atoms with Gasteiger partial charge in [0.25, 0.3) is 0 Å². The van der Waals surface area contributed by atoms with Crippen molar-refractivity contribution in [3.05, 3.63) is 47.5 Å². The minimum Gasteiger partial charge on any atom is -0.384 e. The number of halogens is 1. The van der Waals surface area contributed by atoms with Crippen molar-refractivity contribution in [1.29, 1.82) is 0 Å². The average Bonchev–Trinajstić information content (AvgIpc) is 3.13. The van der Waals surface area contributed by atoms with E-state index in [1.807, 2.05) is 48.8 Å². The number of aromatic nitrogens is 1. The van der Waals surface area contributed by atoms with E-state index in [2.05, 4.69) is 20.6 Å². The first-order valence-corrected chi connectivity index (χ1v) is 10.3. The number of thioether (sulfide) groups is 1. The minimum atomic E-state index is -0.982. The summed E-state index contributed by atoms with van der Waals surface area (Å²) < 4.78 is 1.11. The first-order chi connectivity index (χ1) is 12.1. The Kier molecular flexibility index (Phi) is 11.2.